The van der Waals surface area contributed by atoms with Gasteiger partial charge in [-0.05, 0) is 19.8 Å². The van der Waals surface area contributed by atoms with E-state index in [2.05, 4.69) is 12.2 Å². The van der Waals surface area contributed by atoms with Gasteiger partial charge in [0.25, 0.3) is 0 Å². The summed E-state index contributed by atoms with van der Waals surface area (Å²) in [7, 11) is 0. The highest BCUT2D eigenvalue weighted by Gasteiger charge is 2.29. The van der Waals surface area contributed by atoms with Crippen LogP contribution in [0.15, 0.2) is 0 Å². The van der Waals surface area contributed by atoms with Crippen LogP contribution in [0.5, 0.6) is 0 Å². The molecular formula is C11H22N2O. The molecule has 0 spiro atoms. The Morgan fingerprint density at radius 2 is 2.00 bits per heavy atom. The van der Waals surface area contributed by atoms with Crippen molar-refractivity contribution in [2.75, 3.05) is 6.54 Å². The van der Waals surface area contributed by atoms with Crippen LogP contribution < -0.4 is 11.1 Å². The molecule has 1 saturated carbocycles. The Balaban J connectivity index is 2.44. The summed E-state index contributed by atoms with van der Waals surface area (Å²) in [4.78, 5) is 11.7. The Morgan fingerprint density at radius 3 is 2.50 bits per heavy atom. The van der Waals surface area contributed by atoms with Crippen molar-refractivity contribution in [2.45, 2.75) is 51.5 Å². The number of hydrogen-bond acceptors (Lipinski definition) is 2. The summed E-state index contributed by atoms with van der Waals surface area (Å²) in [5, 5.41) is 3.13. The summed E-state index contributed by atoms with van der Waals surface area (Å²) in [5.41, 5.74) is 5.49. The minimum absolute atomic E-state index is 0.0266. The van der Waals surface area contributed by atoms with Gasteiger partial charge in [-0.2, -0.15) is 0 Å². The largest absolute Gasteiger partial charge is 0.351 e. The first-order chi connectivity index (χ1) is 6.57. The molecule has 0 radical (unpaired) electrons. The van der Waals surface area contributed by atoms with Crippen LogP contribution in [0.4, 0.5) is 0 Å². The van der Waals surface area contributed by atoms with Gasteiger partial charge in [0.05, 0.1) is 0 Å². The molecule has 1 atom stereocenters. The van der Waals surface area contributed by atoms with Gasteiger partial charge in [0.1, 0.15) is 0 Å². The molecule has 1 unspecified atom stereocenters. The molecule has 3 N–H and O–H groups in total. The molecule has 1 fully saturated rings. The topological polar surface area (TPSA) is 55.1 Å². The molecule has 0 aromatic rings. The van der Waals surface area contributed by atoms with Crippen LogP contribution in [0.1, 0.15) is 46.0 Å². The zero-order chi connectivity index (χ0) is 10.6. The third-order valence-electron chi connectivity index (χ3n) is 3.18. The van der Waals surface area contributed by atoms with Crippen molar-refractivity contribution in [3.05, 3.63) is 0 Å². The highest BCUT2D eigenvalue weighted by molar-refractivity contribution is 5.79. The summed E-state index contributed by atoms with van der Waals surface area (Å²) in [6.45, 7) is 4.46. The average molecular weight is 198 g/mol. The highest BCUT2D eigenvalue weighted by Crippen LogP contribution is 2.27. The molecular weight excluding hydrogens is 176 g/mol. The molecule has 0 aromatic heterocycles. The SMILES string of the molecule is CC(CN)C(=O)NC1(C)CCCCC1. The first kappa shape index (κ1) is 11.5. The van der Waals surface area contributed by atoms with E-state index in [4.69, 9.17) is 5.73 Å². The number of hydrogen-bond donors (Lipinski definition) is 2. The van der Waals surface area contributed by atoms with Crippen LogP contribution in [0, 0.1) is 5.92 Å². The van der Waals surface area contributed by atoms with Gasteiger partial charge >= 0.3 is 0 Å². The number of nitrogens with one attached hydrogen (secondary N) is 1. The van der Waals surface area contributed by atoms with E-state index in [1.165, 1.54) is 19.3 Å². The van der Waals surface area contributed by atoms with E-state index >= 15 is 0 Å². The average Bonchev–Trinajstić information content (AvgIpc) is 2.17. The maximum Gasteiger partial charge on any atom is 0.224 e. The minimum atomic E-state index is -0.0613. The van der Waals surface area contributed by atoms with E-state index in [0.29, 0.717) is 6.54 Å². The molecule has 14 heavy (non-hydrogen) atoms. The van der Waals surface area contributed by atoms with Crippen LogP contribution in [-0.4, -0.2) is 18.0 Å². The molecule has 3 nitrogen and oxygen atoms in total. The number of carbonyl (C=O) groups excluding carboxylic acids is 1. The van der Waals surface area contributed by atoms with Gasteiger partial charge in [0.2, 0.25) is 5.91 Å². The standard InChI is InChI=1S/C11H22N2O/c1-9(8-12)10(14)13-11(2)6-4-3-5-7-11/h9H,3-8,12H2,1-2H3,(H,13,14). The van der Waals surface area contributed by atoms with E-state index in [9.17, 15) is 4.79 Å². The molecule has 0 heterocycles. The zero-order valence-electron chi connectivity index (χ0n) is 9.31. The molecule has 0 aliphatic heterocycles. The van der Waals surface area contributed by atoms with Crippen molar-refractivity contribution in [3.8, 4) is 0 Å². The van der Waals surface area contributed by atoms with Crippen LogP contribution in [-0.2, 0) is 4.79 Å². The van der Waals surface area contributed by atoms with E-state index in [0.717, 1.165) is 12.8 Å². The molecule has 0 bridgehead atoms. The van der Waals surface area contributed by atoms with E-state index in [-0.39, 0.29) is 17.4 Å². The second-order valence-electron chi connectivity index (χ2n) is 4.75. The van der Waals surface area contributed by atoms with Gasteiger partial charge in [-0.1, -0.05) is 26.2 Å². The molecule has 1 rings (SSSR count). The van der Waals surface area contributed by atoms with Crippen LogP contribution >= 0.6 is 0 Å². The van der Waals surface area contributed by atoms with Crippen LogP contribution in [0.2, 0.25) is 0 Å². The number of nitrogens with two attached hydrogens (primary N) is 1. The summed E-state index contributed by atoms with van der Waals surface area (Å²) >= 11 is 0. The fraction of sp³-hybridized carbons (Fsp3) is 0.909. The van der Waals surface area contributed by atoms with E-state index in [1.54, 1.807) is 0 Å². The lowest BCUT2D eigenvalue weighted by Gasteiger charge is -2.35. The predicted molar refractivity (Wildman–Crippen MR) is 57.9 cm³/mol. The summed E-state index contributed by atoms with van der Waals surface area (Å²) < 4.78 is 0. The van der Waals surface area contributed by atoms with Crippen LogP contribution in [0.25, 0.3) is 0 Å². The number of amides is 1. The quantitative estimate of drug-likeness (QED) is 0.720. The van der Waals surface area contributed by atoms with Crippen molar-refractivity contribution in [2.24, 2.45) is 11.7 Å². The van der Waals surface area contributed by atoms with Gasteiger partial charge in [-0.3, -0.25) is 4.79 Å². The Bertz CT molecular complexity index is 197. The van der Waals surface area contributed by atoms with Gasteiger partial charge in [-0.25, -0.2) is 0 Å². The lowest BCUT2D eigenvalue weighted by atomic mass is 9.83. The number of carbonyl (C=O) groups is 1. The monoisotopic (exact) mass is 198 g/mol. The summed E-state index contributed by atoms with van der Waals surface area (Å²) in [5.74, 6) is 0.0469. The third kappa shape index (κ3) is 2.98. The van der Waals surface area contributed by atoms with Crippen molar-refractivity contribution in [1.29, 1.82) is 0 Å². The molecule has 82 valence electrons. The molecule has 0 saturated heterocycles. The summed E-state index contributed by atoms with van der Waals surface area (Å²) in [6.07, 6.45) is 5.98. The minimum Gasteiger partial charge on any atom is -0.351 e. The molecule has 1 amide bonds. The van der Waals surface area contributed by atoms with Crippen LogP contribution in [0.3, 0.4) is 0 Å². The second-order valence-corrected chi connectivity index (χ2v) is 4.75. The second kappa shape index (κ2) is 4.78. The number of rotatable bonds is 3. The van der Waals surface area contributed by atoms with Gasteiger partial charge in [0, 0.05) is 18.0 Å². The van der Waals surface area contributed by atoms with Crippen molar-refractivity contribution >= 4 is 5.91 Å². The Kier molecular flexibility index (Phi) is 3.93. The summed E-state index contributed by atoms with van der Waals surface area (Å²) in [6, 6.07) is 0. The molecule has 0 aromatic carbocycles. The highest BCUT2D eigenvalue weighted by atomic mass is 16.2. The third-order valence-corrected chi connectivity index (χ3v) is 3.18. The normalized spacial score (nSPS) is 22.8. The van der Waals surface area contributed by atoms with E-state index < -0.39 is 0 Å². The fourth-order valence-corrected chi connectivity index (χ4v) is 1.98. The van der Waals surface area contributed by atoms with Gasteiger partial charge < -0.3 is 11.1 Å². The Labute approximate surface area is 86.4 Å². The molecule has 1 aliphatic carbocycles. The molecule has 1 aliphatic rings. The van der Waals surface area contributed by atoms with E-state index in [1.807, 2.05) is 6.92 Å². The Hall–Kier alpha value is -0.570. The first-order valence-corrected chi connectivity index (χ1v) is 5.59. The Morgan fingerprint density at radius 1 is 1.43 bits per heavy atom. The van der Waals surface area contributed by atoms with Gasteiger partial charge in [-0.15, -0.1) is 0 Å². The maximum atomic E-state index is 11.7. The zero-order valence-corrected chi connectivity index (χ0v) is 9.31. The van der Waals surface area contributed by atoms with Gasteiger partial charge in [0.15, 0.2) is 0 Å². The van der Waals surface area contributed by atoms with Crippen molar-refractivity contribution in [3.63, 3.8) is 0 Å². The first-order valence-electron chi connectivity index (χ1n) is 5.59. The lowest BCUT2D eigenvalue weighted by molar-refractivity contribution is -0.126. The maximum absolute atomic E-state index is 11.7. The smallest absolute Gasteiger partial charge is 0.224 e. The van der Waals surface area contributed by atoms with Crippen molar-refractivity contribution in [1.82, 2.24) is 5.32 Å². The fourth-order valence-electron chi connectivity index (χ4n) is 1.98. The van der Waals surface area contributed by atoms with Crippen molar-refractivity contribution < 1.29 is 4.79 Å². The lowest BCUT2D eigenvalue weighted by Crippen LogP contribution is -2.49. The molecule has 3 heteroatoms. The predicted octanol–water partition coefficient (Wildman–Crippen LogP) is 1.42.